The molecular weight excluding hydrogens is 390 g/mol. The number of carbonyl (C=O) groups is 1. The minimum atomic E-state index is -0.451. The second kappa shape index (κ2) is 7.99. The minimum absolute atomic E-state index is 0.000659. The number of carbonyl (C=O) groups excluding carboxylic acids is 1. The summed E-state index contributed by atoms with van der Waals surface area (Å²) >= 11 is 0. The highest BCUT2D eigenvalue weighted by molar-refractivity contribution is 6.33. The number of nitrogens with zero attached hydrogens (tertiary/aromatic N) is 3. The van der Waals surface area contributed by atoms with Crippen molar-refractivity contribution in [2.45, 2.75) is 20.8 Å². The molecule has 0 unspecified atom stereocenters. The van der Waals surface area contributed by atoms with Crippen molar-refractivity contribution < 1.29 is 9.72 Å². The van der Waals surface area contributed by atoms with Crippen molar-refractivity contribution in [2.75, 3.05) is 4.90 Å². The van der Waals surface area contributed by atoms with Gasteiger partial charge in [-0.25, -0.2) is 4.99 Å². The topological polar surface area (TPSA) is 75.8 Å². The Bertz CT molecular complexity index is 1240. The second-order valence-electron chi connectivity index (χ2n) is 7.67. The number of benzene rings is 3. The van der Waals surface area contributed by atoms with Gasteiger partial charge in [-0.1, -0.05) is 29.8 Å². The maximum Gasteiger partial charge on any atom is 0.282 e. The first kappa shape index (κ1) is 20.2. The molecular formula is C25H21N3O3. The minimum Gasteiger partial charge on any atom is -0.266 e. The third-order valence-corrected chi connectivity index (χ3v) is 5.01. The van der Waals surface area contributed by atoms with Crippen LogP contribution in [-0.2, 0) is 4.79 Å². The van der Waals surface area contributed by atoms with E-state index in [1.54, 1.807) is 23.1 Å². The highest BCUT2D eigenvalue weighted by atomic mass is 16.6. The number of amides is 1. The Labute approximate surface area is 180 Å². The normalized spacial score (nSPS) is 14.8. The Morgan fingerprint density at radius 1 is 0.903 bits per heavy atom. The molecule has 4 rings (SSSR count). The zero-order chi connectivity index (χ0) is 22.1. The van der Waals surface area contributed by atoms with Crippen LogP contribution in [0.5, 0.6) is 0 Å². The zero-order valence-corrected chi connectivity index (χ0v) is 17.5. The lowest BCUT2D eigenvalue weighted by atomic mass is 10.1. The van der Waals surface area contributed by atoms with E-state index in [0.717, 1.165) is 27.9 Å². The van der Waals surface area contributed by atoms with Gasteiger partial charge in [0.1, 0.15) is 11.5 Å². The maximum atomic E-state index is 13.4. The number of aryl methyl sites for hydroxylation is 3. The number of aliphatic imine (C=N–C) groups is 1. The van der Waals surface area contributed by atoms with Crippen LogP contribution in [0.25, 0.3) is 6.08 Å². The van der Waals surface area contributed by atoms with Crippen molar-refractivity contribution in [3.63, 3.8) is 0 Å². The molecule has 31 heavy (non-hydrogen) atoms. The fraction of sp³-hybridized carbons (Fsp3) is 0.120. The predicted molar refractivity (Wildman–Crippen MR) is 122 cm³/mol. The van der Waals surface area contributed by atoms with Gasteiger partial charge in [-0.05, 0) is 73.9 Å². The Morgan fingerprint density at radius 3 is 2.19 bits per heavy atom. The number of non-ortho nitro benzene ring substituents is 1. The van der Waals surface area contributed by atoms with Gasteiger partial charge in [0.05, 0.1) is 10.6 Å². The molecule has 1 aliphatic heterocycles. The molecule has 3 aromatic carbocycles. The van der Waals surface area contributed by atoms with Gasteiger partial charge >= 0.3 is 0 Å². The third-order valence-electron chi connectivity index (χ3n) is 5.01. The van der Waals surface area contributed by atoms with Crippen LogP contribution in [0.15, 0.2) is 77.4 Å². The lowest BCUT2D eigenvalue weighted by molar-refractivity contribution is -0.384. The van der Waals surface area contributed by atoms with Gasteiger partial charge in [-0.3, -0.25) is 19.8 Å². The number of hydrogen-bond acceptors (Lipinski definition) is 4. The second-order valence-corrected chi connectivity index (χ2v) is 7.67. The fourth-order valence-electron chi connectivity index (χ4n) is 3.66. The lowest BCUT2D eigenvalue weighted by Gasteiger charge is -2.20. The summed E-state index contributed by atoms with van der Waals surface area (Å²) in [4.78, 5) is 30.2. The molecule has 0 aliphatic carbocycles. The van der Waals surface area contributed by atoms with E-state index in [9.17, 15) is 14.9 Å². The van der Waals surface area contributed by atoms with Crippen LogP contribution in [0.1, 0.15) is 27.8 Å². The van der Waals surface area contributed by atoms with E-state index in [1.807, 2.05) is 57.2 Å². The number of rotatable bonds is 4. The van der Waals surface area contributed by atoms with E-state index in [-0.39, 0.29) is 17.3 Å². The van der Waals surface area contributed by atoms with E-state index in [1.165, 1.54) is 12.1 Å². The van der Waals surface area contributed by atoms with E-state index in [4.69, 9.17) is 0 Å². The van der Waals surface area contributed by atoms with E-state index < -0.39 is 4.92 Å². The smallest absolute Gasteiger partial charge is 0.266 e. The molecule has 1 aliphatic rings. The van der Waals surface area contributed by atoms with Crippen LogP contribution in [0, 0.1) is 30.9 Å². The van der Waals surface area contributed by atoms with Gasteiger partial charge < -0.3 is 0 Å². The molecule has 1 amide bonds. The van der Waals surface area contributed by atoms with Crippen LogP contribution >= 0.6 is 0 Å². The number of amidine groups is 1. The number of hydrogen-bond donors (Lipinski definition) is 0. The van der Waals surface area contributed by atoms with Crippen molar-refractivity contribution in [3.8, 4) is 0 Å². The summed E-state index contributed by atoms with van der Waals surface area (Å²) in [7, 11) is 0. The van der Waals surface area contributed by atoms with Crippen LogP contribution < -0.4 is 4.90 Å². The molecule has 0 atom stereocenters. The van der Waals surface area contributed by atoms with Crippen LogP contribution in [0.2, 0.25) is 0 Å². The molecule has 0 aromatic heterocycles. The molecule has 0 saturated heterocycles. The van der Waals surface area contributed by atoms with Gasteiger partial charge in [0.25, 0.3) is 11.6 Å². The van der Waals surface area contributed by atoms with Crippen LogP contribution in [0.3, 0.4) is 0 Å². The van der Waals surface area contributed by atoms with Crippen molar-refractivity contribution in [3.05, 3.63) is 110 Å². The van der Waals surface area contributed by atoms with Crippen molar-refractivity contribution in [1.29, 1.82) is 0 Å². The summed E-state index contributed by atoms with van der Waals surface area (Å²) in [5.74, 6) is 0.326. The molecule has 6 heteroatoms. The molecule has 0 fully saturated rings. The molecule has 154 valence electrons. The molecule has 0 N–H and O–H groups in total. The molecule has 0 spiro atoms. The highest BCUT2D eigenvalue weighted by Crippen LogP contribution is 2.30. The average molecular weight is 411 g/mol. The largest absolute Gasteiger partial charge is 0.282 e. The van der Waals surface area contributed by atoms with Crippen molar-refractivity contribution in [1.82, 2.24) is 0 Å². The summed E-state index contributed by atoms with van der Waals surface area (Å²) in [6.45, 7) is 5.98. The van der Waals surface area contributed by atoms with E-state index >= 15 is 0 Å². The molecule has 3 aromatic rings. The standard InChI is InChI=1S/C25H21N3O3/c1-16-5-4-6-20(12-16)24-26-23(15-19-7-9-21(10-8-19)28(30)31)25(29)27(24)22-13-17(2)11-18(3)14-22/h4-15H,1-3H3/b23-15+. The third kappa shape index (κ3) is 4.14. The summed E-state index contributed by atoms with van der Waals surface area (Å²) < 4.78 is 0. The SMILES string of the molecule is Cc1cccc(C2=N/C(=C/c3ccc([N+](=O)[O-])cc3)C(=O)N2c2cc(C)cc(C)c2)c1. The Hall–Kier alpha value is -4.06. The van der Waals surface area contributed by atoms with Gasteiger partial charge in [0.15, 0.2) is 0 Å². The van der Waals surface area contributed by atoms with Gasteiger partial charge in [-0.15, -0.1) is 0 Å². The first-order chi connectivity index (χ1) is 14.8. The molecule has 0 saturated carbocycles. The van der Waals surface area contributed by atoms with E-state index in [2.05, 4.69) is 11.1 Å². The lowest BCUT2D eigenvalue weighted by Crippen LogP contribution is -2.32. The first-order valence-electron chi connectivity index (χ1n) is 9.86. The van der Waals surface area contributed by atoms with Crippen LogP contribution in [-0.4, -0.2) is 16.7 Å². The summed E-state index contributed by atoms with van der Waals surface area (Å²) in [6.07, 6.45) is 1.66. The molecule has 0 radical (unpaired) electrons. The molecule has 0 bridgehead atoms. The number of anilines is 1. The number of nitro benzene ring substituents is 1. The van der Waals surface area contributed by atoms with Gasteiger partial charge in [0, 0.05) is 17.7 Å². The fourth-order valence-corrected chi connectivity index (χ4v) is 3.66. The zero-order valence-electron chi connectivity index (χ0n) is 17.5. The predicted octanol–water partition coefficient (Wildman–Crippen LogP) is 5.35. The van der Waals surface area contributed by atoms with Crippen LogP contribution in [0.4, 0.5) is 11.4 Å². The average Bonchev–Trinajstić information content (AvgIpc) is 3.04. The maximum absolute atomic E-state index is 13.4. The Balaban J connectivity index is 1.82. The first-order valence-corrected chi connectivity index (χ1v) is 9.86. The van der Waals surface area contributed by atoms with Gasteiger partial charge in [-0.2, -0.15) is 0 Å². The molecule has 1 heterocycles. The monoisotopic (exact) mass is 411 g/mol. The van der Waals surface area contributed by atoms with Gasteiger partial charge in [0.2, 0.25) is 0 Å². The van der Waals surface area contributed by atoms with E-state index in [0.29, 0.717) is 11.4 Å². The number of nitro groups is 1. The summed E-state index contributed by atoms with van der Waals surface area (Å²) in [5.41, 5.74) is 5.74. The molecule has 6 nitrogen and oxygen atoms in total. The Morgan fingerprint density at radius 2 is 1.58 bits per heavy atom. The highest BCUT2D eigenvalue weighted by Gasteiger charge is 2.32. The quantitative estimate of drug-likeness (QED) is 0.330. The summed E-state index contributed by atoms with van der Waals surface area (Å²) in [6, 6.07) is 19.9. The van der Waals surface area contributed by atoms with Crippen molar-refractivity contribution in [2.24, 2.45) is 4.99 Å². The Kier molecular flexibility index (Phi) is 5.21. The van der Waals surface area contributed by atoms with Crippen molar-refractivity contribution >= 4 is 29.2 Å². The summed E-state index contributed by atoms with van der Waals surface area (Å²) in [5, 5.41) is 10.9.